The maximum atomic E-state index is 13.6. The second kappa shape index (κ2) is 7.85. The summed E-state index contributed by atoms with van der Waals surface area (Å²) in [4.78, 5) is 22.6. The van der Waals surface area contributed by atoms with E-state index in [9.17, 15) is 9.18 Å². The van der Waals surface area contributed by atoms with Crippen molar-refractivity contribution >= 4 is 28.6 Å². The smallest absolute Gasteiger partial charge is 0.278 e. The highest BCUT2D eigenvalue weighted by Crippen LogP contribution is 2.47. The van der Waals surface area contributed by atoms with Crippen molar-refractivity contribution in [3.8, 4) is 5.75 Å². The molecule has 0 aliphatic carbocycles. The van der Waals surface area contributed by atoms with E-state index in [1.165, 1.54) is 37.0 Å². The molecule has 3 aliphatic heterocycles. The molecular formula is C26H28FN3O2. The number of hydrogen-bond donors (Lipinski definition) is 0. The number of carbonyl (C=O) groups is 1. The van der Waals surface area contributed by atoms with Gasteiger partial charge in [0.15, 0.2) is 0 Å². The average molecular weight is 434 g/mol. The third-order valence-electron chi connectivity index (χ3n) is 6.56. The number of ether oxygens (including phenoxy) is 1. The molecule has 0 atom stereocenters. The van der Waals surface area contributed by atoms with Gasteiger partial charge >= 0.3 is 0 Å². The van der Waals surface area contributed by atoms with Gasteiger partial charge in [-0.2, -0.15) is 0 Å². The van der Waals surface area contributed by atoms with E-state index in [-0.39, 0.29) is 11.7 Å². The number of methoxy groups -OCH3 is 1. The Morgan fingerprint density at radius 2 is 1.75 bits per heavy atom. The number of rotatable bonds is 4. The van der Waals surface area contributed by atoms with Gasteiger partial charge in [-0.05, 0) is 81.7 Å². The molecular weight excluding hydrogens is 405 g/mol. The summed E-state index contributed by atoms with van der Waals surface area (Å²) in [7, 11) is 1.64. The van der Waals surface area contributed by atoms with Gasteiger partial charge in [0.05, 0.1) is 24.0 Å². The summed E-state index contributed by atoms with van der Waals surface area (Å²) >= 11 is 0. The Morgan fingerprint density at radius 1 is 1.06 bits per heavy atom. The molecule has 3 heterocycles. The second-order valence-corrected chi connectivity index (χ2v) is 9.31. The molecule has 0 saturated carbocycles. The summed E-state index contributed by atoms with van der Waals surface area (Å²) in [6.45, 7) is 7.20. The summed E-state index contributed by atoms with van der Waals surface area (Å²) < 4.78 is 19.0. The van der Waals surface area contributed by atoms with E-state index in [1.807, 2.05) is 17.0 Å². The highest BCUT2D eigenvalue weighted by molar-refractivity contribution is 6.55. The lowest BCUT2D eigenvalue weighted by Crippen LogP contribution is -2.48. The number of nitrogens with zero attached hydrogens (tertiary/aromatic N) is 3. The molecule has 2 aromatic carbocycles. The van der Waals surface area contributed by atoms with Gasteiger partial charge in [-0.1, -0.05) is 12.5 Å². The van der Waals surface area contributed by atoms with Gasteiger partial charge in [0.2, 0.25) is 0 Å². The first kappa shape index (κ1) is 20.9. The fraction of sp³-hybridized carbons (Fsp3) is 0.385. The van der Waals surface area contributed by atoms with E-state index in [2.05, 4.69) is 29.8 Å². The molecule has 1 saturated heterocycles. The second-order valence-electron chi connectivity index (χ2n) is 9.31. The SMILES string of the molecule is COc1cc2c3c(c1)C(=Nc1ccc(F)cc1)C(=O)N3C(C)(C)C=C2CN1CCCCC1. The van der Waals surface area contributed by atoms with Crippen molar-refractivity contribution in [2.24, 2.45) is 4.99 Å². The lowest BCUT2D eigenvalue weighted by molar-refractivity contribution is -0.112. The Balaban J connectivity index is 1.65. The number of aliphatic imine (C=N–C) groups is 1. The van der Waals surface area contributed by atoms with Crippen LogP contribution in [-0.4, -0.2) is 48.8 Å². The molecule has 0 N–H and O–H groups in total. The summed E-state index contributed by atoms with van der Waals surface area (Å²) in [6.07, 6.45) is 5.96. The van der Waals surface area contributed by atoms with Crippen molar-refractivity contribution in [2.45, 2.75) is 38.6 Å². The van der Waals surface area contributed by atoms with Gasteiger partial charge in [-0.25, -0.2) is 9.38 Å². The molecule has 0 radical (unpaired) electrons. The summed E-state index contributed by atoms with van der Waals surface area (Å²) in [5.74, 6) is 0.227. The Kier molecular flexibility index (Phi) is 5.13. The van der Waals surface area contributed by atoms with E-state index >= 15 is 0 Å². The minimum atomic E-state index is -0.487. The molecule has 2 aromatic rings. The standard InChI is InChI=1S/C26H28FN3O2/c1-26(2)15-17(16-29-11-5-4-6-12-29)21-13-20(32-3)14-22-23(25(31)30(26)24(21)22)28-19-9-7-18(27)8-10-19/h7-10,13-15H,4-6,11-12,16H2,1-3H3. The monoisotopic (exact) mass is 433 g/mol. The summed E-state index contributed by atoms with van der Waals surface area (Å²) in [5.41, 5.74) is 4.35. The maximum absolute atomic E-state index is 13.6. The summed E-state index contributed by atoms with van der Waals surface area (Å²) in [6, 6.07) is 9.81. The van der Waals surface area contributed by atoms with Crippen LogP contribution in [-0.2, 0) is 4.79 Å². The number of likely N-dealkylation sites (tertiary alicyclic amines) is 1. The number of benzene rings is 2. The first-order valence-corrected chi connectivity index (χ1v) is 11.2. The zero-order chi connectivity index (χ0) is 22.5. The van der Waals surface area contributed by atoms with Crippen LogP contribution < -0.4 is 9.64 Å². The lowest BCUT2D eigenvalue weighted by Gasteiger charge is -2.40. The van der Waals surface area contributed by atoms with Gasteiger partial charge in [0.1, 0.15) is 17.3 Å². The van der Waals surface area contributed by atoms with Crippen LogP contribution in [0.25, 0.3) is 5.57 Å². The minimum absolute atomic E-state index is 0.142. The zero-order valence-corrected chi connectivity index (χ0v) is 18.8. The molecule has 166 valence electrons. The molecule has 1 fully saturated rings. The minimum Gasteiger partial charge on any atom is -0.497 e. The van der Waals surface area contributed by atoms with Crippen molar-refractivity contribution in [1.29, 1.82) is 0 Å². The van der Waals surface area contributed by atoms with E-state index in [0.29, 0.717) is 17.1 Å². The number of anilines is 1. The molecule has 3 aliphatic rings. The van der Waals surface area contributed by atoms with Crippen LogP contribution >= 0.6 is 0 Å². The Morgan fingerprint density at radius 3 is 2.44 bits per heavy atom. The van der Waals surface area contributed by atoms with Crippen LogP contribution in [0.4, 0.5) is 15.8 Å². The van der Waals surface area contributed by atoms with Crippen LogP contribution in [0.3, 0.4) is 0 Å². The molecule has 5 rings (SSSR count). The van der Waals surface area contributed by atoms with Crippen molar-refractivity contribution in [2.75, 3.05) is 31.6 Å². The highest BCUT2D eigenvalue weighted by atomic mass is 19.1. The third-order valence-corrected chi connectivity index (χ3v) is 6.56. The summed E-state index contributed by atoms with van der Waals surface area (Å²) in [5, 5.41) is 0. The molecule has 6 heteroatoms. The first-order valence-electron chi connectivity index (χ1n) is 11.2. The normalized spacial score (nSPS) is 21.0. The first-order chi connectivity index (χ1) is 15.4. The van der Waals surface area contributed by atoms with Crippen LogP contribution in [0.5, 0.6) is 5.75 Å². The Hall–Kier alpha value is -2.99. The van der Waals surface area contributed by atoms with Crippen LogP contribution in [0.2, 0.25) is 0 Å². The fourth-order valence-corrected chi connectivity index (χ4v) is 5.08. The van der Waals surface area contributed by atoms with Crippen molar-refractivity contribution in [3.05, 3.63) is 59.4 Å². The quantitative estimate of drug-likeness (QED) is 0.684. The topological polar surface area (TPSA) is 45.1 Å². The molecule has 0 unspecified atom stereocenters. The van der Waals surface area contributed by atoms with Crippen molar-refractivity contribution < 1.29 is 13.9 Å². The predicted octanol–water partition coefficient (Wildman–Crippen LogP) is 4.96. The van der Waals surface area contributed by atoms with Crippen LogP contribution in [0.1, 0.15) is 44.2 Å². The third kappa shape index (κ3) is 3.52. The van der Waals surface area contributed by atoms with Crippen LogP contribution in [0.15, 0.2) is 47.5 Å². The number of hydrogen-bond acceptors (Lipinski definition) is 4. The fourth-order valence-electron chi connectivity index (χ4n) is 5.08. The van der Waals surface area contributed by atoms with Crippen LogP contribution in [0, 0.1) is 5.82 Å². The molecule has 0 bridgehead atoms. The van der Waals surface area contributed by atoms with Gasteiger partial charge in [0, 0.05) is 17.7 Å². The van der Waals surface area contributed by atoms with Gasteiger partial charge in [-0.15, -0.1) is 0 Å². The van der Waals surface area contributed by atoms with Gasteiger partial charge < -0.3 is 4.74 Å². The maximum Gasteiger partial charge on any atom is 0.278 e. The van der Waals surface area contributed by atoms with Gasteiger partial charge in [0.25, 0.3) is 5.91 Å². The van der Waals surface area contributed by atoms with Crippen molar-refractivity contribution in [3.63, 3.8) is 0 Å². The average Bonchev–Trinajstić information content (AvgIpc) is 3.06. The van der Waals surface area contributed by atoms with Crippen molar-refractivity contribution in [1.82, 2.24) is 4.90 Å². The largest absolute Gasteiger partial charge is 0.497 e. The molecule has 0 spiro atoms. The zero-order valence-electron chi connectivity index (χ0n) is 18.8. The number of halogens is 1. The van der Waals surface area contributed by atoms with E-state index in [0.717, 1.165) is 36.4 Å². The van der Waals surface area contributed by atoms with E-state index in [4.69, 9.17) is 4.74 Å². The predicted molar refractivity (Wildman–Crippen MR) is 125 cm³/mol. The molecule has 1 amide bonds. The number of carbonyl (C=O) groups excluding carboxylic acids is 1. The van der Waals surface area contributed by atoms with Gasteiger partial charge in [-0.3, -0.25) is 14.6 Å². The molecule has 0 aromatic heterocycles. The molecule has 32 heavy (non-hydrogen) atoms. The number of amides is 1. The highest BCUT2D eigenvalue weighted by Gasteiger charge is 2.46. The number of piperidine rings is 1. The molecule has 5 nitrogen and oxygen atoms in total. The Bertz CT molecular complexity index is 1130. The Labute approximate surface area is 188 Å². The lowest BCUT2D eigenvalue weighted by atomic mass is 9.87. The van der Waals surface area contributed by atoms with E-state index in [1.54, 1.807) is 19.2 Å². The van der Waals surface area contributed by atoms with E-state index < -0.39 is 5.54 Å².